The van der Waals surface area contributed by atoms with Gasteiger partial charge in [0.1, 0.15) is 11.0 Å². The monoisotopic (exact) mass is 434 g/mol. The first kappa shape index (κ1) is 19.7. The molecule has 0 fully saturated rings. The Balaban J connectivity index is 1.75. The Morgan fingerprint density at radius 3 is 2.59 bits per heavy atom. The molecule has 5 aromatic rings. The molecule has 0 radical (unpaired) electrons. The molecule has 10 heteroatoms. The normalized spacial score (nSPS) is 11.5. The zero-order valence-electron chi connectivity index (χ0n) is 16.8. The number of benzene rings is 1. The number of halogens is 2. The van der Waals surface area contributed by atoms with Gasteiger partial charge in [0, 0.05) is 37.1 Å². The molecule has 0 atom stereocenters. The first-order valence-electron chi connectivity index (χ1n) is 9.69. The van der Waals surface area contributed by atoms with Crippen LogP contribution in [0.5, 0.6) is 5.88 Å². The van der Waals surface area contributed by atoms with E-state index in [-0.39, 0.29) is 17.0 Å². The van der Waals surface area contributed by atoms with Crippen molar-refractivity contribution >= 4 is 21.9 Å². The third-order valence-electron chi connectivity index (χ3n) is 4.87. The quantitative estimate of drug-likeness (QED) is 0.422. The molecular formula is C22H16F2N6O2. The number of ether oxygens (including phenoxy) is 1. The molecule has 0 spiro atoms. The molecule has 4 heterocycles. The van der Waals surface area contributed by atoms with Crippen molar-refractivity contribution in [1.82, 2.24) is 29.5 Å². The minimum Gasteiger partial charge on any atom is -0.472 e. The second-order valence-electron chi connectivity index (χ2n) is 7.09. The van der Waals surface area contributed by atoms with Crippen LogP contribution in [0.4, 0.5) is 8.78 Å². The summed E-state index contributed by atoms with van der Waals surface area (Å²) in [6.07, 6.45) is 2.33. The maximum absolute atomic E-state index is 13.6. The highest BCUT2D eigenvalue weighted by molar-refractivity contribution is 5.91. The molecule has 0 N–H and O–H groups in total. The van der Waals surface area contributed by atoms with Crippen LogP contribution < -0.4 is 10.3 Å². The number of aryl methyl sites for hydroxylation is 1. The van der Waals surface area contributed by atoms with Gasteiger partial charge >= 0.3 is 0 Å². The van der Waals surface area contributed by atoms with Crippen LogP contribution in [0.15, 0.2) is 65.8 Å². The topological polar surface area (TPSA) is 87.7 Å². The van der Waals surface area contributed by atoms with E-state index in [2.05, 4.69) is 20.2 Å². The predicted octanol–water partition coefficient (Wildman–Crippen LogP) is 3.37. The lowest BCUT2D eigenvalue weighted by atomic mass is 10.1. The van der Waals surface area contributed by atoms with Crippen LogP contribution in [-0.4, -0.2) is 42.6 Å². The molecule has 0 aliphatic rings. The lowest BCUT2D eigenvalue weighted by Gasteiger charge is -2.12. The van der Waals surface area contributed by atoms with Gasteiger partial charge in [-0.25, -0.2) is 13.8 Å². The van der Waals surface area contributed by atoms with Crippen molar-refractivity contribution in [3.05, 3.63) is 71.4 Å². The van der Waals surface area contributed by atoms with Gasteiger partial charge in [-0.3, -0.25) is 14.5 Å². The Morgan fingerprint density at radius 1 is 1.03 bits per heavy atom. The SMILES string of the molecule is Cn1cc2cc(-n3nc4ccc(OCC(F)F)nc4c(-c4ccncc4)c3=O)ccc2n1. The molecule has 0 aliphatic heterocycles. The summed E-state index contributed by atoms with van der Waals surface area (Å²) >= 11 is 0. The van der Waals surface area contributed by atoms with E-state index in [0.717, 1.165) is 10.9 Å². The van der Waals surface area contributed by atoms with Gasteiger partial charge in [-0.05, 0) is 42.0 Å². The number of hydrogen-bond acceptors (Lipinski definition) is 6. The number of fused-ring (bicyclic) bond motifs is 2. The summed E-state index contributed by atoms with van der Waals surface area (Å²) in [4.78, 5) is 21.9. The molecule has 1 aromatic carbocycles. The molecule has 0 bridgehead atoms. The van der Waals surface area contributed by atoms with Gasteiger partial charge in [0.05, 0.1) is 16.8 Å². The average molecular weight is 434 g/mol. The fourth-order valence-electron chi connectivity index (χ4n) is 3.51. The van der Waals surface area contributed by atoms with Crippen molar-refractivity contribution in [2.75, 3.05) is 6.61 Å². The van der Waals surface area contributed by atoms with Crippen LogP contribution in [-0.2, 0) is 7.05 Å². The van der Waals surface area contributed by atoms with E-state index in [0.29, 0.717) is 16.8 Å². The second-order valence-corrected chi connectivity index (χ2v) is 7.09. The Labute approximate surface area is 179 Å². The largest absolute Gasteiger partial charge is 0.472 e. The minimum absolute atomic E-state index is 0.0103. The average Bonchev–Trinajstić information content (AvgIpc) is 3.17. The molecular weight excluding hydrogens is 418 g/mol. The highest BCUT2D eigenvalue weighted by Gasteiger charge is 2.18. The van der Waals surface area contributed by atoms with Crippen LogP contribution >= 0.6 is 0 Å². The maximum Gasteiger partial charge on any atom is 0.281 e. The Morgan fingerprint density at radius 2 is 1.81 bits per heavy atom. The van der Waals surface area contributed by atoms with Crippen molar-refractivity contribution < 1.29 is 13.5 Å². The highest BCUT2D eigenvalue weighted by atomic mass is 19.3. The van der Waals surface area contributed by atoms with Crippen LogP contribution in [0.3, 0.4) is 0 Å². The second kappa shape index (κ2) is 7.80. The van der Waals surface area contributed by atoms with Gasteiger partial charge < -0.3 is 4.74 Å². The van der Waals surface area contributed by atoms with Crippen molar-refractivity contribution in [2.24, 2.45) is 7.05 Å². The molecule has 0 saturated heterocycles. The highest BCUT2D eigenvalue weighted by Crippen LogP contribution is 2.26. The molecule has 0 unspecified atom stereocenters. The zero-order valence-corrected chi connectivity index (χ0v) is 16.8. The Kier molecular flexibility index (Phi) is 4.81. The lowest BCUT2D eigenvalue weighted by molar-refractivity contribution is 0.0798. The summed E-state index contributed by atoms with van der Waals surface area (Å²) in [6, 6.07) is 11.8. The number of pyridine rings is 2. The van der Waals surface area contributed by atoms with Gasteiger partial charge in [0.15, 0.2) is 6.61 Å². The summed E-state index contributed by atoms with van der Waals surface area (Å²) < 4.78 is 33.2. The van der Waals surface area contributed by atoms with E-state index in [1.807, 2.05) is 25.4 Å². The predicted molar refractivity (Wildman–Crippen MR) is 114 cm³/mol. The number of alkyl halides is 2. The Hall–Kier alpha value is -4.21. The van der Waals surface area contributed by atoms with Gasteiger partial charge in [-0.15, -0.1) is 0 Å². The first-order valence-corrected chi connectivity index (χ1v) is 9.69. The van der Waals surface area contributed by atoms with Gasteiger partial charge in [0.25, 0.3) is 12.0 Å². The fraction of sp³-hybridized carbons (Fsp3) is 0.136. The third kappa shape index (κ3) is 3.55. The van der Waals surface area contributed by atoms with E-state index < -0.39 is 18.6 Å². The van der Waals surface area contributed by atoms with Crippen LogP contribution in [0.25, 0.3) is 38.8 Å². The third-order valence-corrected chi connectivity index (χ3v) is 4.87. The standard InChI is InChI=1S/C22H16F2N6O2/c1-29-11-14-10-15(2-3-16(14)27-29)30-22(31)20(13-6-8-25-9-7-13)21-17(28-30)4-5-19(26-21)32-12-18(23)24/h2-11,18H,12H2,1H3. The number of rotatable bonds is 5. The fourth-order valence-corrected chi connectivity index (χ4v) is 3.51. The van der Waals surface area contributed by atoms with Crippen molar-refractivity contribution in [2.45, 2.75) is 6.43 Å². The van der Waals surface area contributed by atoms with Crippen molar-refractivity contribution in [3.63, 3.8) is 0 Å². The van der Waals surface area contributed by atoms with Crippen molar-refractivity contribution in [1.29, 1.82) is 0 Å². The van der Waals surface area contributed by atoms with Gasteiger partial charge in [0.2, 0.25) is 5.88 Å². The van der Waals surface area contributed by atoms with E-state index >= 15 is 0 Å². The molecule has 0 aliphatic carbocycles. The zero-order chi connectivity index (χ0) is 22.2. The van der Waals surface area contributed by atoms with Gasteiger partial charge in [-0.2, -0.15) is 14.9 Å². The smallest absolute Gasteiger partial charge is 0.281 e. The number of hydrogen-bond donors (Lipinski definition) is 0. The molecule has 8 nitrogen and oxygen atoms in total. The van der Waals surface area contributed by atoms with E-state index in [4.69, 9.17) is 4.74 Å². The van der Waals surface area contributed by atoms with Crippen molar-refractivity contribution in [3.8, 4) is 22.7 Å². The minimum atomic E-state index is -2.64. The molecule has 160 valence electrons. The molecule has 5 rings (SSSR count). The van der Waals surface area contributed by atoms with Crippen LogP contribution in [0.1, 0.15) is 0 Å². The lowest BCUT2D eigenvalue weighted by Crippen LogP contribution is -2.23. The summed E-state index contributed by atoms with van der Waals surface area (Å²) in [5.74, 6) is -0.0103. The molecule has 4 aromatic heterocycles. The van der Waals surface area contributed by atoms with E-state index in [1.165, 1.54) is 10.7 Å². The van der Waals surface area contributed by atoms with E-state index in [1.54, 1.807) is 41.3 Å². The summed E-state index contributed by atoms with van der Waals surface area (Å²) in [6.45, 7) is -0.793. The molecule has 0 amide bonds. The summed E-state index contributed by atoms with van der Waals surface area (Å²) in [5.41, 5.74) is 2.45. The molecule has 32 heavy (non-hydrogen) atoms. The number of nitrogens with zero attached hydrogens (tertiary/aromatic N) is 6. The Bertz CT molecular complexity index is 1500. The summed E-state index contributed by atoms with van der Waals surface area (Å²) in [7, 11) is 1.82. The maximum atomic E-state index is 13.6. The first-order chi connectivity index (χ1) is 15.5. The van der Waals surface area contributed by atoms with E-state index in [9.17, 15) is 13.6 Å². The number of aromatic nitrogens is 6. The van der Waals surface area contributed by atoms with Gasteiger partial charge in [-0.1, -0.05) is 0 Å². The van der Waals surface area contributed by atoms with Crippen LogP contribution in [0.2, 0.25) is 0 Å². The molecule has 0 saturated carbocycles. The summed E-state index contributed by atoms with van der Waals surface area (Å²) in [5, 5.41) is 9.69. The van der Waals surface area contributed by atoms with Crippen LogP contribution in [0, 0.1) is 0 Å².